The maximum absolute atomic E-state index is 12.5. The molecule has 21 heavy (non-hydrogen) atoms. The van der Waals surface area contributed by atoms with Crippen LogP contribution in [0.1, 0.15) is 38.5 Å². The van der Waals surface area contributed by atoms with Gasteiger partial charge in [0.25, 0.3) is 5.91 Å². The van der Waals surface area contributed by atoms with E-state index in [0.29, 0.717) is 16.6 Å². The fraction of sp³-hybridized carbons (Fsp3) is 0.500. The van der Waals surface area contributed by atoms with Gasteiger partial charge in [-0.1, -0.05) is 43.7 Å². The molecule has 2 aliphatic rings. The molecule has 1 saturated heterocycles. The standard InChI is InChI=1S/C16H19ClN2O2/c17-12-6-8-13(9-7-12)19-15(20)14(18-16(19)21)10-11-4-2-1-3-5-11/h6-9,11,14H,1-5,10H2,(H,18,21). The van der Waals surface area contributed by atoms with E-state index < -0.39 is 0 Å². The van der Waals surface area contributed by atoms with Gasteiger partial charge >= 0.3 is 6.03 Å². The number of hydrogen-bond acceptors (Lipinski definition) is 2. The Bertz CT molecular complexity index is 538. The van der Waals surface area contributed by atoms with Crippen molar-refractivity contribution < 1.29 is 9.59 Å². The summed E-state index contributed by atoms with van der Waals surface area (Å²) in [4.78, 5) is 25.8. The predicted molar refractivity (Wildman–Crippen MR) is 82.4 cm³/mol. The van der Waals surface area contributed by atoms with Gasteiger partial charge in [-0.3, -0.25) is 4.79 Å². The zero-order valence-corrected chi connectivity index (χ0v) is 12.6. The Balaban J connectivity index is 1.71. The number of carbonyl (C=O) groups excluding carboxylic acids is 2. The summed E-state index contributed by atoms with van der Waals surface area (Å²) in [6, 6.07) is 6.06. The van der Waals surface area contributed by atoms with Crippen molar-refractivity contribution in [3.8, 4) is 0 Å². The maximum Gasteiger partial charge on any atom is 0.329 e. The van der Waals surface area contributed by atoms with Crippen LogP contribution < -0.4 is 10.2 Å². The first-order valence-corrected chi connectivity index (χ1v) is 7.93. The van der Waals surface area contributed by atoms with Crippen LogP contribution in [0.3, 0.4) is 0 Å². The van der Waals surface area contributed by atoms with E-state index in [0.717, 1.165) is 6.42 Å². The first-order chi connectivity index (χ1) is 10.1. The van der Waals surface area contributed by atoms with Crippen LogP contribution in [0.5, 0.6) is 0 Å². The van der Waals surface area contributed by atoms with Gasteiger partial charge in [0, 0.05) is 5.02 Å². The van der Waals surface area contributed by atoms with Gasteiger partial charge in [0.15, 0.2) is 0 Å². The predicted octanol–water partition coefficient (Wildman–Crippen LogP) is 3.74. The van der Waals surface area contributed by atoms with Crippen molar-refractivity contribution >= 4 is 29.2 Å². The van der Waals surface area contributed by atoms with E-state index in [-0.39, 0.29) is 18.0 Å². The van der Waals surface area contributed by atoms with Crippen LogP contribution in [0, 0.1) is 5.92 Å². The minimum absolute atomic E-state index is 0.145. The minimum atomic E-state index is -0.378. The average Bonchev–Trinajstić information content (AvgIpc) is 2.76. The molecule has 0 radical (unpaired) electrons. The third kappa shape index (κ3) is 3.05. The van der Waals surface area contributed by atoms with Crippen molar-refractivity contribution in [3.05, 3.63) is 29.3 Å². The number of benzene rings is 1. The summed E-state index contributed by atoms with van der Waals surface area (Å²) in [6.07, 6.45) is 6.86. The van der Waals surface area contributed by atoms with Gasteiger partial charge in [-0.05, 0) is 36.6 Å². The number of rotatable bonds is 3. The Morgan fingerprint density at radius 1 is 1.10 bits per heavy atom. The highest BCUT2D eigenvalue weighted by Crippen LogP contribution is 2.30. The highest BCUT2D eigenvalue weighted by Gasteiger charge is 2.39. The Kier molecular flexibility index (Phi) is 4.15. The molecule has 3 rings (SSSR count). The number of halogens is 1. The molecule has 1 aromatic carbocycles. The number of nitrogens with one attached hydrogen (secondary N) is 1. The van der Waals surface area contributed by atoms with E-state index in [9.17, 15) is 9.59 Å². The summed E-state index contributed by atoms with van der Waals surface area (Å²) < 4.78 is 0. The molecule has 1 aliphatic carbocycles. The second-order valence-electron chi connectivity index (χ2n) is 5.89. The Hall–Kier alpha value is -1.55. The lowest BCUT2D eigenvalue weighted by Gasteiger charge is -2.23. The summed E-state index contributed by atoms with van der Waals surface area (Å²) >= 11 is 5.84. The second-order valence-corrected chi connectivity index (χ2v) is 6.33. The summed E-state index contributed by atoms with van der Waals surface area (Å²) in [5, 5.41) is 3.41. The van der Waals surface area contributed by atoms with Crippen LogP contribution >= 0.6 is 11.6 Å². The molecule has 1 N–H and O–H groups in total. The highest BCUT2D eigenvalue weighted by atomic mass is 35.5. The number of carbonyl (C=O) groups is 2. The van der Waals surface area contributed by atoms with Crippen molar-refractivity contribution in [1.29, 1.82) is 0 Å². The molecule has 1 unspecified atom stereocenters. The molecular formula is C16H19ClN2O2. The summed E-state index contributed by atoms with van der Waals surface area (Å²) in [7, 11) is 0. The summed E-state index contributed by atoms with van der Waals surface area (Å²) in [6.45, 7) is 0. The molecule has 1 aliphatic heterocycles. The molecule has 1 atom stereocenters. The molecule has 4 nitrogen and oxygen atoms in total. The van der Waals surface area contributed by atoms with Gasteiger partial charge in [0.05, 0.1) is 5.69 Å². The lowest BCUT2D eigenvalue weighted by Crippen LogP contribution is -2.32. The zero-order valence-electron chi connectivity index (χ0n) is 11.8. The van der Waals surface area contributed by atoms with E-state index in [2.05, 4.69) is 5.32 Å². The number of imide groups is 1. The van der Waals surface area contributed by atoms with Gasteiger partial charge in [-0.2, -0.15) is 0 Å². The largest absolute Gasteiger partial charge is 0.329 e. The minimum Gasteiger partial charge on any atom is -0.325 e. The normalized spacial score (nSPS) is 23.5. The quantitative estimate of drug-likeness (QED) is 0.865. The Labute approximate surface area is 129 Å². The summed E-state index contributed by atoms with van der Waals surface area (Å²) in [5.74, 6) is 0.408. The van der Waals surface area contributed by atoms with Crippen LogP contribution in [-0.4, -0.2) is 18.0 Å². The summed E-state index contributed by atoms with van der Waals surface area (Å²) in [5.41, 5.74) is 0.577. The number of hydrogen-bond donors (Lipinski definition) is 1. The smallest absolute Gasteiger partial charge is 0.325 e. The van der Waals surface area contributed by atoms with Crippen LogP contribution in [0.2, 0.25) is 5.02 Å². The number of amides is 3. The van der Waals surface area contributed by atoms with Crippen LogP contribution in [-0.2, 0) is 4.79 Å². The monoisotopic (exact) mass is 306 g/mol. The maximum atomic E-state index is 12.5. The van der Waals surface area contributed by atoms with E-state index in [4.69, 9.17) is 11.6 Å². The number of nitrogens with zero attached hydrogens (tertiary/aromatic N) is 1. The van der Waals surface area contributed by atoms with Gasteiger partial charge in [-0.25, -0.2) is 9.69 Å². The number of anilines is 1. The SMILES string of the molecule is O=C1NC(CC2CCCCC2)C(=O)N1c1ccc(Cl)cc1. The molecule has 1 saturated carbocycles. The van der Waals surface area contributed by atoms with E-state index in [1.165, 1.54) is 37.0 Å². The lowest BCUT2D eigenvalue weighted by molar-refractivity contribution is -0.118. The molecule has 2 fully saturated rings. The van der Waals surface area contributed by atoms with Crippen molar-refractivity contribution in [2.45, 2.75) is 44.6 Å². The van der Waals surface area contributed by atoms with E-state index in [1.807, 2.05) is 0 Å². The van der Waals surface area contributed by atoms with Gasteiger partial charge in [0.1, 0.15) is 6.04 Å². The molecule has 1 heterocycles. The third-order valence-electron chi connectivity index (χ3n) is 4.40. The second kappa shape index (κ2) is 6.06. The lowest BCUT2D eigenvalue weighted by atomic mass is 9.85. The van der Waals surface area contributed by atoms with E-state index >= 15 is 0 Å². The molecule has 0 spiro atoms. The van der Waals surface area contributed by atoms with Crippen LogP contribution in [0.15, 0.2) is 24.3 Å². The van der Waals surface area contributed by atoms with Crippen molar-refractivity contribution in [3.63, 3.8) is 0 Å². The fourth-order valence-corrected chi connectivity index (χ4v) is 3.41. The van der Waals surface area contributed by atoms with Crippen LogP contribution in [0.25, 0.3) is 0 Å². The topological polar surface area (TPSA) is 49.4 Å². The van der Waals surface area contributed by atoms with Crippen molar-refractivity contribution in [2.75, 3.05) is 4.90 Å². The van der Waals surface area contributed by atoms with Crippen molar-refractivity contribution in [2.24, 2.45) is 5.92 Å². The average molecular weight is 307 g/mol. The molecule has 1 aromatic rings. The Morgan fingerprint density at radius 2 is 1.76 bits per heavy atom. The third-order valence-corrected chi connectivity index (χ3v) is 4.65. The van der Waals surface area contributed by atoms with Gasteiger partial charge in [0.2, 0.25) is 0 Å². The zero-order chi connectivity index (χ0) is 14.8. The molecule has 5 heteroatoms. The molecule has 0 bridgehead atoms. The fourth-order valence-electron chi connectivity index (χ4n) is 3.28. The van der Waals surface area contributed by atoms with Gasteiger partial charge < -0.3 is 5.32 Å². The first-order valence-electron chi connectivity index (χ1n) is 7.55. The van der Waals surface area contributed by atoms with E-state index in [1.54, 1.807) is 24.3 Å². The number of urea groups is 1. The highest BCUT2D eigenvalue weighted by molar-refractivity contribution is 6.30. The Morgan fingerprint density at radius 3 is 2.43 bits per heavy atom. The molecule has 112 valence electrons. The van der Waals surface area contributed by atoms with Gasteiger partial charge in [-0.15, -0.1) is 0 Å². The van der Waals surface area contributed by atoms with Crippen LogP contribution in [0.4, 0.5) is 10.5 Å². The molecular weight excluding hydrogens is 288 g/mol. The van der Waals surface area contributed by atoms with Crippen molar-refractivity contribution in [1.82, 2.24) is 5.32 Å². The molecule has 3 amide bonds. The molecule has 0 aromatic heterocycles. The first kappa shape index (κ1) is 14.4.